The van der Waals surface area contributed by atoms with Gasteiger partial charge in [-0.2, -0.15) is 16.8 Å². The monoisotopic (exact) mass is 1050 g/mol. The molecule has 1 heterocycles. The average Bonchev–Trinajstić information content (AvgIpc) is 3.53. The summed E-state index contributed by atoms with van der Waals surface area (Å²) in [5.41, 5.74) is 2.77. The molecule has 1 unspecified atom stereocenters. The van der Waals surface area contributed by atoms with Crippen LogP contribution in [-0.2, 0) is 68.3 Å². The van der Waals surface area contributed by atoms with Gasteiger partial charge in [0.25, 0.3) is 20.2 Å². The van der Waals surface area contributed by atoms with Gasteiger partial charge in [-0.1, -0.05) is 45.6 Å². The molecule has 0 fully saturated rings. The molecule has 1 atom stereocenters. The molecule has 0 spiro atoms. The number of anilines is 2. The number of allylic oxidation sites excluding steroid dienone is 7. The van der Waals surface area contributed by atoms with Crippen molar-refractivity contribution in [2.45, 2.75) is 63.7 Å². The molecule has 3 rings (SSSR count). The number of hydrogen-bond donors (Lipinski definition) is 4. The Morgan fingerprint density at radius 2 is 1.29 bits per heavy atom. The third-order valence-electron chi connectivity index (χ3n) is 11.7. The number of aromatic hydroxyl groups is 1. The van der Waals surface area contributed by atoms with Gasteiger partial charge in [0, 0.05) is 74.4 Å². The van der Waals surface area contributed by atoms with Crippen molar-refractivity contribution in [1.82, 2.24) is 0 Å². The maximum Gasteiger partial charge on any atom is 0.303 e. The Balaban J connectivity index is 1.98. The number of rotatable bonds is 38. The van der Waals surface area contributed by atoms with E-state index in [-0.39, 0.29) is 48.3 Å². The van der Waals surface area contributed by atoms with Crippen molar-refractivity contribution in [3.63, 3.8) is 0 Å². The van der Waals surface area contributed by atoms with E-state index in [9.17, 15) is 40.9 Å². The van der Waals surface area contributed by atoms with Crippen LogP contribution in [0.5, 0.6) is 5.75 Å². The lowest BCUT2D eigenvalue weighted by atomic mass is 9.77. The number of carboxylic acid groups (broad SMARTS) is 1. The van der Waals surface area contributed by atoms with Gasteiger partial charge in [0.05, 0.1) is 103 Å². The van der Waals surface area contributed by atoms with Crippen molar-refractivity contribution >= 4 is 43.2 Å². The van der Waals surface area contributed by atoms with E-state index < -0.39 is 37.4 Å². The third kappa shape index (κ3) is 22.1. The summed E-state index contributed by atoms with van der Waals surface area (Å²) in [6.07, 6.45) is 7.47. The number of carboxylic acids is 1. The van der Waals surface area contributed by atoms with Crippen LogP contribution in [-0.4, -0.2) is 174 Å². The number of phenolic OH excluding ortho intramolecular Hbond substituents is 1. The first kappa shape index (κ1) is 62.1. The second-order valence-corrected chi connectivity index (χ2v) is 21.2. The molecule has 0 amide bonds. The third-order valence-corrected chi connectivity index (χ3v) is 13.4. The zero-order chi connectivity index (χ0) is 53.2. The molecule has 21 heteroatoms. The van der Waals surface area contributed by atoms with E-state index in [1.165, 1.54) is 18.2 Å². The summed E-state index contributed by atoms with van der Waals surface area (Å²) in [5, 5.41) is 21.4. The lowest BCUT2D eigenvalue weighted by Gasteiger charge is -2.30. The molecule has 2 aromatic rings. The summed E-state index contributed by atoms with van der Waals surface area (Å²) in [6, 6.07) is 9.48. The van der Waals surface area contributed by atoms with Crippen molar-refractivity contribution in [2.24, 2.45) is 5.41 Å². The summed E-state index contributed by atoms with van der Waals surface area (Å²) in [6.45, 7) is 19.2. The highest BCUT2D eigenvalue weighted by molar-refractivity contribution is 7.86. The van der Waals surface area contributed by atoms with Crippen LogP contribution in [0.3, 0.4) is 0 Å². The maximum atomic E-state index is 12.4. The first-order chi connectivity index (χ1) is 34.1. The first-order valence-electron chi connectivity index (χ1n) is 24.0. The SMILES string of the molecule is C=C(/C=C(/C=C/C=C1\N(CCCS(=O)(=O)O)c2ccc(S(=O)(=O)O)cc2C1(C)CCCC(=O)O)c1ccc(N(CCOCCOCCOCCOC)CCOCCOCCOCCOC)cc1O)C(C)(C)C. The zero-order valence-electron chi connectivity index (χ0n) is 42.8. The van der Waals surface area contributed by atoms with Crippen molar-refractivity contribution < 1.29 is 78.8 Å². The van der Waals surface area contributed by atoms with Gasteiger partial charge < -0.3 is 57.9 Å². The lowest BCUT2D eigenvalue weighted by molar-refractivity contribution is -0.137. The van der Waals surface area contributed by atoms with Crippen molar-refractivity contribution in [2.75, 3.05) is 142 Å². The minimum atomic E-state index is -4.64. The smallest absolute Gasteiger partial charge is 0.303 e. The molecule has 2 aromatic carbocycles. The molecule has 19 nitrogen and oxygen atoms in total. The van der Waals surface area contributed by atoms with E-state index in [2.05, 4.69) is 6.58 Å². The molecule has 0 radical (unpaired) electrons. The minimum Gasteiger partial charge on any atom is -0.507 e. The predicted molar refractivity (Wildman–Crippen MR) is 276 cm³/mol. The molecule has 0 saturated carbocycles. The highest BCUT2D eigenvalue weighted by Crippen LogP contribution is 2.51. The average molecular weight is 1060 g/mol. The number of fused-ring (bicyclic) bond motifs is 1. The van der Waals surface area contributed by atoms with E-state index in [4.69, 9.17) is 37.9 Å². The van der Waals surface area contributed by atoms with Crippen LogP contribution in [0.15, 0.2) is 83.4 Å². The van der Waals surface area contributed by atoms with E-state index in [0.29, 0.717) is 139 Å². The van der Waals surface area contributed by atoms with E-state index >= 15 is 0 Å². The van der Waals surface area contributed by atoms with Crippen molar-refractivity contribution in [3.8, 4) is 5.75 Å². The number of ether oxygens (including phenoxy) is 8. The van der Waals surface area contributed by atoms with Gasteiger partial charge in [0.15, 0.2) is 0 Å². The molecule has 1 aliphatic rings. The van der Waals surface area contributed by atoms with Crippen LogP contribution in [0, 0.1) is 5.41 Å². The van der Waals surface area contributed by atoms with Gasteiger partial charge in [-0.05, 0) is 84.7 Å². The van der Waals surface area contributed by atoms with E-state index in [1.807, 2.05) is 55.7 Å². The Hall–Kier alpha value is -4.23. The van der Waals surface area contributed by atoms with Crippen LogP contribution in [0.25, 0.3) is 5.57 Å². The number of methoxy groups -OCH3 is 2. The lowest BCUT2D eigenvalue weighted by Crippen LogP contribution is -2.31. The first-order valence-corrected chi connectivity index (χ1v) is 27.1. The van der Waals surface area contributed by atoms with Gasteiger partial charge in [0.2, 0.25) is 0 Å². The number of nitrogens with zero attached hydrogens (tertiary/aromatic N) is 2. The Bertz CT molecular complexity index is 2290. The molecule has 406 valence electrons. The molecule has 0 aliphatic carbocycles. The van der Waals surface area contributed by atoms with Crippen molar-refractivity contribution in [3.05, 3.63) is 89.7 Å². The van der Waals surface area contributed by atoms with Crippen LogP contribution >= 0.6 is 0 Å². The summed E-state index contributed by atoms with van der Waals surface area (Å²) in [4.78, 5) is 15.2. The number of carbonyl (C=O) groups is 1. The summed E-state index contributed by atoms with van der Waals surface area (Å²) in [7, 11) is -5.73. The number of phenols is 1. The van der Waals surface area contributed by atoms with E-state index in [1.54, 1.807) is 38.5 Å². The highest BCUT2D eigenvalue weighted by Gasteiger charge is 2.43. The second kappa shape index (κ2) is 31.5. The molecule has 1 aliphatic heterocycles. The zero-order valence-corrected chi connectivity index (χ0v) is 44.5. The molecular weight excluding hydrogens is 977 g/mol. The van der Waals surface area contributed by atoms with Crippen LogP contribution in [0.2, 0.25) is 0 Å². The van der Waals surface area contributed by atoms with Gasteiger partial charge in [-0.15, -0.1) is 0 Å². The van der Waals surface area contributed by atoms with E-state index in [0.717, 1.165) is 5.57 Å². The van der Waals surface area contributed by atoms with Gasteiger partial charge >= 0.3 is 5.97 Å². The fourth-order valence-electron chi connectivity index (χ4n) is 7.61. The molecule has 0 aromatic heterocycles. The van der Waals surface area contributed by atoms with Crippen LogP contribution in [0.4, 0.5) is 11.4 Å². The molecule has 4 N–H and O–H groups in total. The van der Waals surface area contributed by atoms with Gasteiger partial charge in [-0.25, -0.2) is 0 Å². The fraction of sp³-hybridized carbons (Fsp3) is 0.588. The largest absolute Gasteiger partial charge is 0.507 e. The molecule has 72 heavy (non-hydrogen) atoms. The summed E-state index contributed by atoms with van der Waals surface area (Å²) < 4.78 is 112. The quantitative estimate of drug-likeness (QED) is 0.0315. The van der Waals surface area contributed by atoms with Crippen LogP contribution < -0.4 is 9.80 Å². The Morgan fingerprint density at radius 1 is 0.764 bits per heavy atom. The Labute approximate surface area is 426 Å². The number of benzene rings is 2. The minimum absolute atomic E-state index is 0.00279. The Morgan fingerprint density at radius 3 is 1.76 bits per heavy atom. The maximum absolute atomic E-state index is 12.4. The summed E-state index contributed by atoms with van der Waals surface area (Å²) >= 11 is 0. The van der Waals surface area contributed by atoms with Crippen LogP contribution in [0.1, 0.15) is 64.5 Å². The number of aliphatic carboxylic acids is 1. The standard InChI is InChI=1S/C51H78N2O17S2/c1-40(50(2,3)4)37-41(11-8-12-48-51(5,18-9-13-49(55)56)45-39-43(72(60,61)62)15-17-46(45)53(48)19-10-36-71(57,58)59)44-16-14-42(38-47(44)54)52(20-22-65-28-30-69-34-32-67-26-24-63-6)21-23-66-29-31-70-35-33-68-27-25-64-7/h8,11-12,14-17,37-39,54H,1,9-10,13,18-36H2,2-7H3,(H,55,56)(H,57,58,59)(H,60,61,62)/b11-8+,41-37-,48-12-. The second-order valence-electron chi connectivity index (χ2n) is 18.2. The van der Waals surface area contributed by atoms with Gasteiger partial charge in [0.1, 0.15) is 5.75 Å². The highest BCUT2D eigenvalue weighted by atomic mass is 32.2. The van der Waals surface area contributed by atoms with Gasteiger partial charge in [-0.3, -0.25) is 13.9 Å². The molecule has 0 bridgehead atoms. The molecular formula is C51H78N2O17S2. The molecule has 0 saturated heterocycles. The predicted octanol–water partition coefficient (Wildman–Crippen LogP) is 6.57. The number of hydrogen-bond acceptors (Lipinski definition) is 16. The topological polar surface area (TPSA) is 247 Å². The normalized spacial score (nSPS) is 16.0. The summed E-state index contributed by atoms with van der Waals surface area (Å²) in [5.74, 6) is -1.58. The fourth-order valence-corrected chi connectivity index (χ4v) is 8.61. The van der Waals surface area contributed by atoms with Crippen molar-refractivity contribution in [1.29, 1.82) is 0 Å². The Kier molecular flexibility index (Phi) is 27.1.